The van der Waals surface area contributed by atoms with Gasteiger partial charge in [-0.25, -0.2) is 4.79 Å². The summed E-state index contributed by atoms with van der Waals surface area (Å²) in [5.41, 5.74) is -0.0520. The predicted molar refractivity (Wildman–Crippen MR) is 80.3 cm³/mol. The summed E-state index contributed by atoms with van der Waals surface area (Å²) in [5.74, 6) is -1.49. The third-order valence-corrected chi connectivity index (χ3v) is 3.78. The molecular weight excluding hydrogens is 317 g/mol. The Morgan fingerprint density at radius 1 is 1.38 bits per heavy atom. The number of hydrogen-bond acceptors (Lipinski definition) is 3. The number of carboxylic acids is 1. The van der Waals surface area contributed by atoms with Crippen molar-refractivity contribution in [2.45, 2.75) is 31.8 Å². The van der Waals surface area contributed by atoms with Crippen LogP contribution in [0, 0.1) is 0 Å². The van der Waals surface area contributed by atoms with E-state index in [4.69, 9.17) is 33.0 Å². The van der Waals surface area contributed by atoms with Gasteiger partial charge in [0.2, 0.25) is 5.91 Å². The molecule has 1 saturated heterocycles. The molecule has 0 aromatic heterocycles. The third kappa shape index (κ3) is 4.33. The molecule has 114 valence electrons. The summed E-state index contributed by atoms with van der Waals surface area (Å²) < 4.78 is 5.44. The van der Waals surface area contributed by atoms with Gasteiger partial charge in [-0.3, -0.25) is 4.79 Å². The van der Waals surface area contributed by atoms with Gasteiger partial charge in [0, 0.05) is 18.1 Å². The number of benzene rings is 1. The van der Waals surface area contributed by atoms with E-state index < -0.39 is 5.97 Å². The van der Waals surface area contributed by atoms with Crippen LogP contribution in [0.2, 0.25) is 10.0 Å². The second-order valence-corrected chi connectivity index (χ2v) is 5.68. The van der Waals surface area contributed by atoms with Gasteiger partial charge in [-0.05, 0) is 31.4 Å². The first-order valence-electron chi connectivity index (χ1n) is 6.61. The Hall–Kier alpha value is -1.30. The Labute approximate surface area is 132 Å². The first-order valence-corrected chi connectivity index (χ1v) is 7.36. The van der Waals surface area contributed by atoms with E-state index in [1.54, 1.807) is 0 Å². The van der Waals surface area contributed by atoms with Gasteiger partial charge in [-0.2, -0.15) is 0 Å². The van der Waals surface area contributed by atoms with Crippen molar-refractivity contribution in [3.63, 3.8) is 0 Å². The van der Waals surface area contributed by atoms with Gasteiger partial charge in [-0.1, -0.05) is 23.2 Å². The van der Waals surface area contributed by atoms with E-state index in [2.05, 4.69) is 5.32 Å². The van der Waals surface area contributed by atoms with Crippen LogP contribution in [0.15, 0.2) is 12.1 Å². The van der Waals surface area contributed by atoms with Crippen molar-refractivity contribution >= 4 is 40.8 Å². The summed E-state index contributed by atoms with van der Waals surface area (Å²) in [5, 5.41) is 12.0. The highest BCUT2D eigenvalue weighted by molar-refractivity contribution is 6.37. The minimum atomic E-state index is -1.20. The first kappa shape index (κ1) is 16.1. The Kier molecular flexibility index (Phi) is 5.45. The molecule has 1 heterocycles. The van der Waals surface area contributed by atoms with E-state index in [1.807, 2.05) is 0 Å². The van der Waals surface area contributed by atoms with E-state index in [-0.39, 0.29) is 39.7 Å². The van der Waals surface area contributed by atoms with Crippen LogP contribution in [0.3, 0.4) is 0 Å². The molecule has 1 aromatic carbocycles. The van der Waals surface area contributed by atoms with Gasteiger partial charge in [0.15, 0.2) is 0 Å². The second-order valence-electron chi connectivity index (χ2n) is 4.84. The smallest absolute Gasteiger partial charge is 0.337 e. The summed E-state index contributed by atoms with van der Waals surface area (Å²) in [4.78, 5) is 23.1. The van der Waals surface area contributed by atoms with Crippen molar-refractivity contribution in [3.05, 3.63) is 27.7 Å². The molecule has 2 N–H and O–H groups in total. The number of ether oxygens (including phenoxy) is 1. The molecular formula is C14H15Cl2NO4. The maximum absolute atomic E-state index is 11.9. The standard InChI is InChI=1S/C14H15Cl2NO4/c15-8-6-10(14(19)20)13(11(16)7-8)17-12(18)4-3-9-2-1-5-21-9/h6-7,9H,1-5H2,(H,17,18)(H,19,20). The zero-order valence-electron chi connectivity index (χ0n) is 11.2. The summed E-state index contributed by atoms with van der Waals surface area (Å²) >= 11 is 11.7. The van der Waals surface area contributed by atoms with Crippen molar-refractivity contribution in [1.29, 1.82) is 0 Å². The molecule has 1 unspecified atom stereocenters. The number of rotatable bonds is 5. The van der Waals surface area contributed by atoms with Gasteiger partial charge in [0.1, 0.15) is 0 Å². The summed E-state index contributed by atoms with van der Waals surface area (Å²) in [6, 6.07) is 2.65. The monoisotopic (exact) mass is 331 g/mol. The zero-order chi connectivity index (χ0) is 15.4. The van der Waals surface area contributed by atoms with E-state index in [9.17, 15) is 9.59 Å². The average molecular weight is 332 g/mol. The summed E-state index contributed by atoms with van der Waals surface area (Å²) in [7, 11) is 0. The van der Waals surface area contributed by atoms with Gasteiger partial charge in [-0.15, -0.1) is 0 Å². The molecule has 1 aliphatic heterocycles. The molecule has 21 heavy (non-hydrogen) atoms. The van der Waals surface area contributed by atoms with Crippen LogP contribution in [-0.2, 0) is 9.53 Å². The molecule has 7 heteroatoms. The number of amides is 1. The number of anilines is 1. The van der Waals surface area contributed by atoms with Crippen LogP contribution in [0.1, 0.15) is 36.0 Å². The Balaban J connectivity index is 2.04. The predicted octanol–water partition coefficient (Wildman–Crippen LogP) is 3.59. The molecule has 0 saturated carbocycles. The number of nitrogens with one attached hydrogen (secondary N) is 1. The third-order valence-electron chi connectivity index (χ3n) is 3.27. The number of aromatic carboxylic acids is 1. The minimum absolute atomic E-state index is 0.0749. The van der Waals surface area contributed by atoms with Crippen LogP contribution in [0.25, 0.3) is 0 Å². The number of hydrogen-bond donors (Lipinski definition) is 2. The maximum atomic E-state index is 11.9. The fraction of sp³-hybridized carbons (Fsp3) is 0.429. The molecule has 1 amide bonds. The topological polar surface area (TPSA) is 75.6 Å². The number of carboxylic acid groups (broad SMARTS) is 1. The highest BCUT2D eigenvalue weighted by Gasteiger charge is 2.20. The zero-order valence-corrected chi connectivity index (χ0v) is 12.7. The maximum Gasteiger partial charge on any atom is 0.337 e. The molecule has 1 fully saturated rings. The lowest BCUT2D eigenvalue weighted by atomic mass is 10.1. The Bertz CT molecular complexity index is 556. The van der Waals surface area contributed by atoms with Crippen molar-refractivity contribution in [3.8, 4) is 0 Å². The average Bonchev–Trinajstić information content (AvgIpc) is 2.92. The van der Waals surface area contributed by atoms with Crippen molar-refractivity contribution in [2.75, 3.05) is 11.9 Å². The molecule has 1 aliphatic rings. The molecule has 2 rings (SSSR count). The Morgan fingerprint density at radius 3 is 2.76 bits per heavy atom. The van der Waals surface area contributed by atoms with E-state index in [0.29, 0.717) is 6.42 Å². The number of carbonyl (C=O) groups excluding carboxylic acids is 1. The van der Waals surface area contributed by atoms with Crippen molar-refractivity contribution in [2.24, 2.45) is 0 Å². The van der Waals surface area contributed by atoms with Crippen molar-refractivity contribution in [1.82, 2.24) is 0 Å². The fourth-order valence-corrected chi connectivity index (χ4v) is 2.78. The number of carbonyl (C=O) groups is 2. The lowest BCUT2D eigenvalue weighted by Gasteiger charge is -2.12. The van der Waals surface area contributed by atoms with Crippen LogP contribution in [0.4, 0.5) is 5.69 Å². The van der Waals surface area contributed by atoms with Crippen molar-refractivity contribution < 1.29 is 19.4 Å². The molecule has 0 spiro atoms. The van der Waals surface area contributed by atoms with Crippen LogP contribution in [-0.4, -0.2) is 29.7 Å². The highest BCUT2D eigenvalue weighted by atomic mass is 35.5. The molecule has 1 aromatic rings. The molecule has 0 radical (unpaired) electrons. The lowest BCUT2D eigenvalue weighted by molar-refractivity contribution is -0.116. The van der Waals surface area contributed by atoms with Gasteiger partial charge >= 0.3 is 5.97 Å². The van der Waals surface area contributed by atoms with Gasteiger partial charge < -0.3 is 15.2 Å². The summed E-state index contributed by atoms with van der Waals surface area (Å²) in [6.07, 6.45) is 2.94. The number of halogens is 2. The lowest BCUT2D eigenvalue weighted by Crippen LogP contribution is -2.17. The summed E-state index contributed by atoms with van der Waals surface area (Å²) in [6.45, 7) is 0.735. The molecule has 0 bridgehead atoms. The van der Waals surface area contributed by atoms with E-state index in [0.717, 1.165) is 19.4 Å². The van der Waals surface area contributed by atoms with E-state index >= 15 is 0 Å². The molecule has 1 atom stereocenters. The highest BCUT2D eigenvalue weighted by Crippen LogP contribution is 2.30. The molecule has 5 nitrogen and oxygen atoms in total. The minimum Gasteiger partial charge on any atom is -0.478 e. The first-order chi connectivity index (χ1) is 9.97. The van der Waals surface area contributed by atoms with Crippen LogP contribution < -0.4 is 5.32 Å². The van der Waals surface area contributed by atoms with E-state index in [1.165, 1.54) is 12.1 Å². The largest absolute Gasteiger partial charge is 0.478 e. The quantitative estimate of drug-likeness (QED) is 0.864. The fourth-order valence-electron chi connectivity index (χ4n) is 2.24. The molecule has 0 aliphatic carbocycles. The van der Waals surface area contributed by atoms with Crippen LogP contribution >= 0.6 is 23.2 Å². The SMILES string of the molecule is O=C(CCC1CCCO1)Nc1c(Cl)cc(Cl)cc1C(=O)O. The Morgan fingerprint density at radius 2 is 2.14 bits per heavy atom. The normalized spacial score (nSPS) is 17.7. The van der Waals surface area contributed by atoms with Gasteiger partial charge in [0.25, 0.3) is 0 Å². The second kappa shape index (κ2) is 7.11. The van der Waals surface area contributed by atoms with Gasteiger partial charge in [0.05, 0.1) is 22.4 Å². The van der Waals surface area contributed by atoms with Crippen LogP contribution in [0.5, 0.6) is 0 Å².